The molecular weight excluding hydrogens is 2060 g/mol. The molecule has 39 heteroatoms. The molecule has 2 fully saturated rings. The predicted octanol–water partition coefficient (Wildman–Crippen LogP) is 19.7. The van der Waals surface area contributed by atoms with E-state index >= 15 is 0 Å². The Bertz CT molecular complexity index is 5040. The van der Waals surface area contributed by atoms with Gasteiger partial charge in [-0.25, -0.2) is 69.8 Å². The molecule has 2 saturated heterocycles. The molecule has 3 unspecified atom stereocenters. The average Bonchev–Trinajstić information content (AvgIpc) is 1.01. The molecular formula is C85H103F8I3N12O12S3V-. The molecule has 5 aliphatic rings. The molecule has 4 N–H and O–H groups in total. The monoisotopic (exact) mass is 2160 g/mol. The zero-order chi connectivity index (χ0) is 89.8. The van der Waals surface area contributed by atoms with Crippen LogP contribution in [0.25, 0.3) is 0 Å². The number of morpholine rings is 1. The van der Waals surface area contributed by atoms with E-state index in [1.165, 1.54) is 72.3 Å². The number of aliphatic imine (C=N–C) groups is 3. The number of nitrogens with zero attached hydrogens (tertiary/aromatic N) is 9. The third-order valence-electron chi connectivity index (χ3n) is 17.0. The van der Waals surface area contributed by atoms with Crippen molar-refractivity contribution in [2.45, 2.75) is 173 Å². The molecule has 5 aliphatic heterocycles. The number of thiazole rings is 3. The third kappa shape index (κ3) is 33.2. The van der Waals surface area contributed by atoms with Crippen molar-refractivity contribution in [3.05, 3.63) is 232 Å². The Morgan fingerprint density at radius 1 is 0.621 bits per heavy atom. The quantitative estimate of drug-likeness (QED) is 0.0149. The van der Waals surface area contributed by atoms with Gasteiger partial charge in [-0.15, -0.1) is 34.0 Å². The standard InChI is InChI=1S/C21H19F2N5O3S.C20H21F2N3O2S.C16H12F2N4S.C8H14O3.C7H4F2O.C7H12O3.C2H5.4CH4.3HI.V/c1-21(12-2-3-14(22)15(23)8-12)13(9-24)16(26-18(27-21)19-25-4-7-32-19)10-28-5-6-31-11-17(28)20(29)30;1-11-15(18(26)27-19(2,3)4)20(5,12-6-7-13(21)14(22)10-12)25-16(24-11)17-23-8-9-28-17;1-9-11(8-19)16(2,10-3-4-12(17)13(18)7-10)22-14(21-9)15-20-5-6-23-15;1-6(9)5-7(10)11-8(2,3)4;8-6-2-1-5(4-10)3-7(6)9;1-9-7(8)6-3-2-4-10-5-6;1-2;;;;;;;;/h2-4,7-8,17H,5-6,10-11H2,1H3,(H,26,27)(H,29,30);6-10H,1-5H3,(H,24,25);3-7H,1-2H3,(H,21,22);5H2,1-4H3;1-4H;6H,2-5H2,1H3;1H2,2H3;4*1H4;3*1H;/q;;;;;;-1;;;;;;;;+3/p-3/t17-,21?;;;;;6-;;;;;;;;;/m0....0........./s1. The Morgan fingerprint density at radius 3 is 1.40 bits per heavy atom. The van der Waals surface area contributed by atoms with Crippen LogP contribution >= 0.6 is 93.9 Å². The number of esters is 3. The number of benzene rings is 4. The van der Waals surface area contributed by atoms with E-state index in [9.17, 15) is 79.5 Å². The molecule has 0 spiro atoms. The van der Waals surface area contributed by atoms with E-state index < -0.39 is 98.3 Å². The number of hydrogen-bond acceptors (Lipinski definition) is 26. The van der Waals surface area contributed by atoms with Gasteiger partial charge in [0.05, 0.1) is 61.7 Å². The number of hydrogen-bond donors (Lipinski definition) is 4. The van der Waals surface area contributed by atoms with Gasteiger partial charge in [-0.05, 0) is 167 Å². The molecule has 0 amide bonds. The maximum absolute atomic E-state index is 14.1. The van der Waals surface area contributed by atoms with Crippen LogP contribution in [0.2, 0.25) is 0 Å². The molecule has 7 aromatic rings. The van der Waals surface area contributed by atoms with Gasteiger partial charge in [0.2, 0.25) is 0 Å². The number of ether oxygens (including phenoxy) is 5. The minimum atomic E-state index is -1.34. The molecule has 124 heavy (non-hydrogen) atoms. The molecule has 12 rings (SSSR count). The zero-order valence-corrected chi connectivity index (χ0v) is 77.8. The molecule has 0 saturated carbocycles. The summed E-state index contributed by atoms with van der Waals surface area (Å²) in [5.41, 5.74) is -1.47. The summed E-state index contributed by atoms with van der Waals surface area (Å²) < 4.78 is 132. The summed E-state index contributed by atoms with van der Waals surface area (Å²) in [6.45, 7) is 27.6. The van der Waals surface area contributed by atoms with Gasteiger partial charge in [-0.3, -0.25) is 28.9 Å². The van der Waals surface area contributed by atoms with Crippen molar-refractivity contribution in [3.63, 3.8) is 0 Å². The number of ketones is 1. The number of carboxylic acid groups (broad SMARTS) is 1. The van der Waals surface area contributed by atoms with Gasteiger partial charge in [0.1, 0.15) is 52.4 Å². The molecule has 676 valence electrons. The normalized spacial score (nSPS) is 18.7. The summed E-state index contributed by atoms with van der Waals surface area (Å²) >= 11 is 11.5. The van der Waals surface area contributed by atoms with Gasteiger partial charge in [0.15, 0.2) is 79.1 Å². The summed E-state index contributed by atoms with van der Waals surface area (Å²) in [5, 5.41) is 45.6. The first-order valence-corrected chi connectivity index (χ1v) is 52.2. The molecule has 4 aromatic carbocycles. The predicted molar refractivity (Wildman–Crippen MR) is 488 cm³/mol. The summed E-state index contributed by atoms with van der Waals surface area (Å²) in [4.78, 5) is 94.9. The topological polar surface area (TPSA) is 331 Å². The van der Waals surface area contributed by atoms with Crippen molar-refractivity contribution in [1.29, 1.82) is 10.5 Å². The Balaban J connectivity index is 0.000000767. The number of rotatable bonds is 14. The van der Waals surface area contributed by atoms with Gasteiger partial charge >= 0.3 is 88.7 Å². The number of allylic oxidation sites excluding steroid dienone is 2. The van der Waals surface area contributed by atoms with E-state index in [1.807, 2.05) is 5.38 Å². The zero-order valence-electron chi connectivity index (χ0n) is 67.5. The van der Waals surface area contributed by atoms with E-state index in [1.54, 1.807) is 117 Å². The average molecular weight is 2160 g/mol. The number of carbonyl (C=O) groups is 6. The molecule has 24 nitrogen and oxygen atoms in total. The number of aliphatic carboxylic acids is 1. The second kappa shape index (κ2) is 52.7. The third-order valence-corrected chi connectivity index (χ3v) is 19.4. The van der Waals surface area contributed by atoms with Crippen LogP contribution in [-0.4, -0.2) is 142 Å². The van der Waals surface area contributed by atoms with Crippen LogP contribution in [0.5, 0.6) is 0 Å². The number of halogens is 11. The Morgan fingerprint density at radius 2 is 1.02 bits per heavy atom. The maximum atomic E-state index is 14.1. The number of aldehydes is 1. The van der Waals surface area contributed by atoms with Gasteiger partial charge in [0, 0.05) is 77.1 Å². The van der Waals surface area contributed by atoms with E-state index in [0.717, 1.165) is 68.0 Å². The molecule has 8 heterocycles. The first kappa shape index (κ1) is 114. The summed E-state index contributed by atoms with van der Waals surface area (Å²) in [6.07, 6.45) is 7.11. The number of carboxylic acids is 1. The Kier molecular flexibility index (Phi) is 48.3. The molecule has 5 atom stereocenters. The SMILES string of the molecule is C.C.C.C.CC(=O)CC(=O)OC(C)(C)C.CC1(c2ccc(F)c(F)c2)N=C(c2nccs2)NC(CN2CCOC[C@H]2C(=O)O)=C1C#N.CC1=C(C#N)C(C)(c2ccc(F)c(F)c2)N=C(c2nccs2)N1.CC1=C(C(=O)OC(C)(C)C)C(C)(c2ccc(F)c(F)c2)N=C(c2nccs2)N1.COC(=O)[C@H]1CCCOC1.O=Cc1ccc(F)c(F)c1.[CH2-]C.[I][V]([I])[I]. The van der Waals surface area contributed by atoms with Crippen LogP contribution in [0.15, 0.2) is 156 Å². The van der Waals surface area contributed by atoms with E-state index in [2.05, 4.69) is 130 Å². The van der Waals surface area contributed by atoms with Crippen LogP contribution in [0.1, 0.15) is 181 Å². The number of amidine groups is 3. The number of carbonyl (C=O) groups excluding carboxylic acids is 5. The fourth-order valence-corrected chi connectivity index (χ4v) is 13.4. The number of Topliss-reactive ketones (excluding diaryl/α,β-unsaturated/α-hetero) is 1. The second-order valence-corrected chi connectivity index (χ2v) is 66.3. The minimum absolute atomic E-state index is 0. The number of aromatic nitrogens is 3. The van der Waals surface area contributed by atoms with Crippen LogP contribution in [-0.2, 0) is 69.2 Å². The summed E-state index contributed by atoms with van der Waals surface area (Å²) in [7, 11) is 1.41. The van der Waals surface area contributed by atoms with Crippen molar-refractivity contribution in [1.82, 2.24) is 35.8 Å². The summed E-state index contributed by atoms with van der Waals surface area (Å²) in [6, 6.07) is 16.8. The van der Waals surface area contributed by atoms with E-state index in [4.69, 9.17) is 18.9 Å². The van der Waals surface area contributed by atoms with Crippen molar-refractivity contribution in [2.24, 2.45) is 20.9 Å². The van der Waals surface area contributed by atoms with Crippen LogP contribution in [0, 0.1) is 82.0 Å². The first-order chi connectivity index (χ1) is 56.4. The number of nitrogens with one attached hydrogen (secondary N) is 3. The first-order valence-electron chi connectivity index (χ1n) is 36.1. The molecule has 0 aliphatic carbocycles. The van der Waals surface area contributed by atoms with Gasteiger partial charge in [-0.2, -0.15) is 17.4 Å². The van der Waals surface area contributed by atoms with Crippen LogP contribution in [0.3, 0.4) is 0 Å². The van der Waals surface area contributed by atoms with Crippen molar-refractivity contribution >= 4 is 147 Å². The van der Waals surface area contributed by atoms with Crippen molar-refractivity contribution in [2.75, 3.05) is 46.6 Å². The van der Waals surface area contributed by atoms with Crippen LogP contribution in [0.4, 0.5) is 35.1 Å². The molecule has 0 radical (unpaired) electrons. The fourth-order valence-electron chi connectivity index (χ4n) is 11.7. The fraction of sp³-hybridized carbons (Fsp3) is 0.400. The van der Waals surface area contributed by atoms with Crippen molar-refractivity contribution in [3.8, 4) is 12.1 Å². The number of nitriles is 2. The Hall–Kier alpha value is -8.31. The van der Waals surface area contributed by atoms with Gasteiger partial charge in [-0.1, -0.05) is 47.9 Å². The Labute approximate surface area is 769 Å². The summed E-state index contributed by atoms with van der Waals surface area (Å²) in [5.74, 6) is -8.94. The van der Waals surface area contributed by atoms with E-state index in [0.29, 0.717) is 92.4 Å². The second-order valence-electron chi connectivity index (χ2n) is 28.2. The number of methoxy groups -OCH3 is 1. The van der Waals surface area contributed by atoms with Gasteiger partial charge in [0.25, 0.3) is 0 Å². The molecule has 3 aromatic heterocycles. The van der Waals surface area contributed by atoms with Crippen molar-refractivity contribution < 1.29 is 97.6 Å². The van der Waals surface area contributed by atoms with Crippen LogP contribution < -0.4 is 16.0 Å². The van der Waals surface area contributed by atoms with E-state index in [-0.39, 0.29) is 94.1 Å². The van der Waals surface area contributed by atoms with Gasteiger partial charge < -0.3 is 51.7 Å². The molecule has 0 bridgehead atoms.